The molecule has 8 heteroatoms. The minimum Gasteiger partial charge on any atom is -0.432 e. The van der Waals surface area contributed by atoms with Crippen molar-refractivity contribution in [1.82, 2.24) is 0 Å². The topological polar surface area (TPSA) is 46.2 Å². The third kappa shape index (κ3) is 5.94. The van der Waals surface area contributed by atoms with Gasteiger partial charge >= 0.3 is 6.61 Å². The van der Waals surface area contributed by atoms with Gasteiger partial charge in [0.25, 0.3) is 0 Å². The summed E-state index contributed by atoms with van der Waals surface area (Å²) in [4.78, 5) is 0. The Hall–Kier alpha value is -1.61. The first-order valence-corrected chi connectivity index (χ1v) is 9.38. The van der Waals surface area contributed by atoms with Gasteiger partial charge < -0.3 is 23.7 Å². The van der Waals surface area contributed by atoms with E-state index in [1.165, 1.54) is 6.07 Å². The Bertz CT molecular complexity index is 639. The zero-order valence-electron chi connectivity index (χ0n) is 15.7. The number of alkyl halides is 2. The largest absolute Gasteiger partial charge is 0.432 e. The van der Waals surface area contributed by atoms with E-state index in [0.29, 0.717) is 37.9 Å². The Morgan fingerprint density at radius 1 is 1.07 bits per heavy atom. The molecule has 1 aromatic carbocycles. The lowest BCUT2D eigenvalue weighted by Crippen LogP contribution is -2.33. The van der Waals surface area contributed by atoms with Crippen LogP contribution in [0, 0.1) is 17.7 Å². The zero-order chi connectivity index (χ0) is 19.9. The normalized spacial score (nSPS) is 28.8. The Morgan fingerprint density at radius 2 is 1.79 bits per heavy atom. The third-order valence-electron chi connectivity index (χ3n) is 4.68. The number of benzene rings is 1. The summed E-state index contributed by atoms with van der Waals surface area (Å²) in [6.07, 6.45) is 4.70. The quantitative estimate of drug-likeness (QED) is 0.632. The second-order valence-corrected chi connectivity index (χ2v) is 6.89. The lowest BCUT2D eigenvalue weighted by atomic mass is 10.0. The lowest BCUT2D eigenvalue weighted by Gasteiger charge is -2.32. The van der Waals surface area contributed by atoms with E-state index < -0.39 is 24.5 Å². The molecule has 0 aromatic heterocycles. The van der Waals surface area contributed by atoms with Crippen LogP contribution in [0.1, 0.15) is 31.6 Å². The fraction of sp³-hybridized carbons (Fsp3) is 0.600. The van der Waals surface area contributed by atoms with Gasteiger partial charge in [0.2, 0.25) is 0 Å². The number of hydrogen-bond acceptors (Lipinski definition) is 5. The number of rotatable bonds is 7. The van der Waals surface area contributed by atoms with Gasteiger partial charge in [0.05, 0.1) is 26.4 Å². The molecule has 5 nitrogen and oxygen atoms in total. The van der Waals surface area contributed by atoms with Gasteiger partial charge in [0, 0.05) is 17.4 Å². The molecule has 28 heavy (non-hydrogen) atoms. The summed E-state index contributed by atoms with van der Waals surface area (Å²) in [6.45, 7) is 1.12. The van der Waals surface area contributed by atoms with Gasteiger partial charge in [-0.2, -0.15) is 8.78 Å². The van der Waals surface area contributed by atoms with Crippen molar-refractivity contribution in [2.75, 3.05) is 26.4 Å². The average molecular weight is 402 g/mol. The van der Waals surface area contributed by atoms with Crippen LogP contribution < -0.4 is 4.74 Å². The second kappa shape index (κ2) is 10.2. The van der Waals surface area contributed by atoms with Crippen molar-refractivity contribution in [3.05, 3.63) is 41.7 Å². The van der Waals surface area contributed by atoms with Crippen molar-refractivity contribution < 1.29 is 36.9 Å². The van der Waals surface area contributed by atoms with E-state index in [9.17, 15) is 13.2 Å². The fourth-order valence-electron chi connectivity index (χ4n) is 3.24. The molecule has 2 heterocycles. The van der Waals surface area contributed by atoms with Crippen LogP contribution >= 0.6 is 0 Å². The molecule has 0 N–H and O–H groups in total. The zero-order valence-corrected chi connectivity index (χ0v) is 15.7. The molecule has 3 rings (SSSR count). The smallest absolute Gasteiger partial charge is 0.387 e. The molecular weight excluding hydrogens is 377 g/mol. The SMILES string of the molecule is CC=CC1COC(CCC2COC(c3ccc(OC(F)F)c(F)c3)OC2)OC1. The first kappa shape index (κ1) is 21.1. The van der Waals surface area contributed by atoms with Gasteiger partial charge in [0.1, 0.15) is 0 Å². The van der Waals surface area contributed by atoms with Crippen molar-refractivity contribution in [2.45, 2.75) is 39.0 Å². The van der Waals surface area contributed by atoms with E-state index in [2.05, 4.69) is 10.8 Å². The Kier molecular flexibility index (Phi) is 7.73. The summed E-state index contributed by atoms with van der Waals surface area (Å²) in [5, 5.41) is 0. The van der Waals surface area contributed by atoms with E-state index in [1.54, 1.807) is 0 Å². The minimum absolute atomic E-state index is 0.183. The van der Waals surface area contributed by atoms with Gasteiger partial charge in [-0.3, -0.25) is 0 Å². The molecule has 0 atom stereocenters. The molecule has 2 aliphatic heterocycles. The highest BCUT2D eigenvalue weighted by Crippen LogP contribution is 2.30. The highest BCUT2D eigenvalue weighted by Gasteiger charge is 2.27. The van der Waals surface area contributed by atoms with Crippen molar-refractivity contribution in [1.29, 1.82) is 0 Å². The Balaban J connectivity index is 1.40. The molecule has 156 valence electrons. The van der Waals surface area contributed by atoms with Crippen LogP contribution in [0.3, 0.4) is 0 Å². The van der Waals surface area contributed by atoms with Gasteiger partial charge in [0.15, 0.2) is 24.1 Å². The maximum atomic E-state index is 13.8. The van der Waals surface area contributed by atoms with Crippen LogP contribution in [-0.4, -0.2) is 39.3 Å². The van der Waals surface area contributed by atoms with Gasteiger partial charge in [-0.25, -0.2) is 4.39 Å². The minimum atomic E-state index is -3.07. The van der Waals surface area contributed by atoms with E-state index in [-0.39, 0.29) is 12.2 Å². The van der Waals surface area contributed by atoms with Crippen LogP contribution in [-0.2, 0) is 18.9 Å². The molecule has 0 radical (unpaired) electrons. The van der Waals surface area contributed by atoms with Crippen LogP contribution in [0.5, 0.6) is 5.75 Å². The van der Waals surface area contributed by atoms with Crippen LogP contribution in [0.15, 0.2) is 30.4 Å². The van der Waals surface area contributed by atoms with Crippen LogP contribution in [0.2, 0.25) is 0 Å². The van der Waals surface area contributed by atoms with E-state index in [4.69, 9.17) is 18.9 Å². The van der Waals surface area contributed by atoms with Crippen molar-refractivity contribution in [3.63, 3.8) is 0 Å². The molecule has 2 fully saturated rings. The predicted octanol–water partition coefficient (Wildman–Crippen LogP) is 4.43. The van der Waals surface area contributed by atoms with Crippen molar-refractivity contribution in [3.8, 4) is 5.75 Å². The lowest BCUT2D eigenvalue weighted by molar-refractivity contribution is -0.217. The maximum absolute atomic E-state index is 13.8. The molecule has 0 amide bonds. The van der Waals surface area contributed by atoms with Gasteiger partial charge in [-0.1, -0.05) is 18.2 Å². The number of hydrogen-bond donors (Lipinski definition) is 0. The van der Waals surface area contributed by atoms with Crippen molar-refractivity contribution in [2.24, 2.45) is 11.8 Å². The third-order valence-corrected chi connectivity index (χ3v) is 4.68. The molecule has 0 spiro atoms. The van der Waals surface area contributed by atoms with Gasteiger partial charge in [-0.15, -0.1) is 0 Å². The predicted molar refractivity (Wildman–Crippen MR) is 94.4 cm³/mol. The molecule has 0 saturated carbocycles. The number of allylic oxidation sites excluding steroid dienone is 1. The van der Waals surface area contributed by atoms with E-state index in [0.717, 1.165) is 25.0 Å². The van der Waals surface area contributed by atoms with Gasteiger partial charge in [-0.05, 0) is 31.9 Å². The molecule has 2 saturated heterocycles. The van der Waals surface area contributed by atoms with Crippen molar-refractivity contribution >= 4 is 0 Å². The molecule has 2 aliphatic rings. The number of ether oxygens (including phenoxy) is 5. The molecule has 0 unspecified atom stereocenters. The molecular formula is C20H25F3O5. The molecule has 1 aromatic rings. The summed E-state index contributed by atoms with van der Waals surface area (Å²) in [7, 11) is 0. The highest BCUT2D eigenvalue weighted by atomic mass is 19.3. The van der Waals surface area contributed by atoms with Crippen LogP contribution in [0.25, 0.3) is 0 Å². The van der Waals surface area contributed by atoms with E-state index >= 15 is 0 Å². The maximum Gasteiger partial charge on any atom is 0.387 e. The first-order chi connectivity index (χ1) is 13.5. The summed E-state index contributed by atoms with van der Waals surface area (Å²) in [5.74, 6) is -0.893. The standard InChI is InChI=1S/C20H25F3O5/c1-2-3-13-9-24-18(25-10-13)7-4-14-11-26-19(27-12-14)15-5-6-17(16(21)8-15)28-20(22)23/h2-3,5-6,8,13-14,18-20H,4,7,9-12H2,1H3. The Labute approximate surface area is 162 Å². The summed E-state index contributed by atoms with van der Waals surface area (Å²) < 4.78 is 65.1. The van der Waals surface area contributed by atoms with Crippen LogP contribution in [0.4, 0.5) is 13.2 Å². The Morgan fingerprint density at radius 3 is 2.39 bits per heavy atom. The fourth-order valence-corrected chi connectivity index (χ4v) is 3.24. The summed E-state index contributed by atoms with van der Waals surface area (Å²) in [6, 6.07) is 3.69. The first-order valence-electron chi connectivity index (χ1n) is 9.38. The summed E-state index contributed by atoms with van der Waals surface area (Å²) in [5.41, 5.74) is 0.423. The number of halogens is 3. The highest BCUT2D eigenvalue weighted by molar-refractivity contribution is 5.30. The monoisotopic (exact) mass is 402 g/mol. The second-order valence-electron chi connectivity index (χ2n) is 6.89. The summed E-state index contributed by atoms with van der Waals surface area (Å²) >= 11 is 0. The molecule has 0 aliphatic carbocycles. The van der Waals surface area contributed by atoms with E-state index in [1.807, 2.05) is 13.0 Å². The average Bonchev–Trinajstić information content (AvgIpc) is 2.69. The molecule has 0 bridgehead atoms.